The van der Waals surface area contributed by atoms with Crippen molar-refractivity contribution < 1.29 is 8.42 Å². The molecule has 3 nitrogen and oxygen atoms in total. The van der Waals surface area contributed by atoms with Crippen LogP contribution in [0.2, 0.25) is 0 Å². The van der Waals surface area contributed by atoms with Crippen molar-refractivity contribution in [2.45, 2.75) is 57.2 Å². The van der Waals surface area contributed by atoms with Gasteiger partial charge in [0.15, 0.2) is 9.84 Å². The molecule has 0 aromatic heterocycles. The van der Waals surface area contributed by atoms with Crippen molar-refractivity contribution in [3.63, 3.8) is 0 Å². The van der Waals surface area contributed by atoms with Crippen molar-refractivity contribution in [1.29, 1.82) is 0 Å². The summed E-state index contributed by atoms with van der Waals surface area (Å²) < 4.78 is 22.8. The van der Waals surface area contributed by atoms with Crippen molar-refractivity contribution >= 4 is 9.84 Å². The highest BCUT2D eigenvalue weighted by Gasteiger charge is 2.30. The zero-order chi connectivity index (χ0) is 15.7. The van der Waals surface area contributed by atoms with Gasteiger partial charge in [0.1, 0.15) is 0 Å². The molecule has 0 fully saturated rings. The van der Waals surface area contributed by atoms with Gasteiger partial charge in [0.2, 0.25) is 0 Å². The van der Waals surface area contributed by atoms with Crippen LogP contribution in [0.25, 0.3) is 0 Å². The van der Waals surface area contributed by atoms with Gasteiger partial charge in [-0.1, -0.05) is 18.2 Å². The molecule has 1 N–H and O–H groups in total. The van der Waals surface area contributed by atoms with Crippen LogP contribution in [-0.2, 0) is 22.7 Å². The first-order chi connectivity index (χ1) is 9.71. The lowest BCUT2D eigenvalue weighted by atomic mass is 9.89. The van der Waals surface area contributed by atoms with Crippen LogP contribution in [0.1, 0.15) is 56.3 Å². The molecule has 0 spiro atoms. The normalized spacial score (nSPS) is 17.3. The van der Waals surface area contributed by atoms with Crippen molar-refractivity contribution in [3.8, 4) is 0 Å². The van der Waals surface area contributed by atoms with E-state index in [0.717, 1.165) is 0 Å². The van der Waals surface area contributed by atoms with Crippen LogP contribution in [0.5, 0.6) is 0 Å². The number of nitrogens with one attached hydrogen (secondary N) is 1. The van der Waals surface area contributed by atoms with E-state index >= 15 is 0 Å². The Hall–Kier alpha value is -0.870. The summed E-state index contributed by atoms with van der Waals surface area (Å²) in [6.45, 7) is 6.11. The highest BCUT2D eigenvalue weighted by Crippen LogP contribution is 2.25. The predicted octanol–water partition coefficient (Wildman–Crippen LogP) is 3.04. The molecule has 0 radical (unpaired) electrons. The Morgan fingerprint density at radius 3 is 2.43 bits per heavy atom. The zero-order valence-corrected chi connectivity index (χ0v) is 14.4. The molecule has 0 saturated carbocycles. The van der Waals surface area contributed by atoms with E-state index in [9.17, 15) is 8.42 Å². The van der Waals surface area contributed by atoms with Gasteiger partial charge in [-0.05, 0) is 63.1 Å². The van der Waals surface area contributed by atoms with Gasteiger partial charge < -0.3 is 5.32 Å². The summed E-state index contributed by atoms with van der Waals surface area (Å²) in [5, 5.41) is 3.37. The lowest BCUT2D eigenvalue weighted by molar-refractivity contribution is 0.488. The second-order valence-electron chi connectivity index (χ2n) is 6.87. The monoisotopic (exact) mass is 309 g/mol. The lowest BCUT2D eigenvalue weighted by Crippen LogP contribution is -2.42. The second kappa shape index (κ2) is 6.09. The number of aryl methyl sites for hydroxylation is 2. The summed E-state index contributed by atoms with van der Waals surface area (Å²) >= 11 is 0. The fourth-order valence-electron chi connectivity index (χ4n) is 2.67. The highest BCUT2D eigenvalue weighted by atomic mass is 32.2. The molecular weight excluding hydrogens is 282 g/mol. The van der Waals surface area contributed by atoms with Crippen molar-refractivity contribution in [2.75, 3.05) is 12.8 Å². The fraction of sp³-hybridized carbons (Fsp3) is 0.647. The van der Waals surface area contributed by atoms with Gasteiger partial charge in [0.05, 0.1) is 4.75 Å². The standard InChI is InChI=1S/C17H27NO2S/c1-13(18-12-17(2,3)21(4,19)20)15-10-9-14-7-5-6-8-16(14)11-15/h9-11,13,18H,5-8,12H2,1-4H3. The highest BCUT2D eigenvalue weighted by molar-refractivity contribution is 7.92. The van der Waals surface area contributed by atoms with Crippen molar-refractivity contribution in [1.82, 2.24) is 5.32 Å². The quantitative estimate of drug-likeness (QED) is 0.909. The van der Waals surface area contributed by atoms with Crippen LogP contribution in [0.3, 0.4) is 0 Å². The van der Waals surface area contributed by atoms with Gasteiger partial charge in [-0.15, -0.1) is 0 Å². The van der Waals surface area contributed by atoms with Crippen LogP contribution < -0.4 is 5.32 Å². The Kier molecular flexibility index (Phi) is 4.79. The van der Waals surface area contributed by atoms with Crippen LogP contribution in [0, 0.1) is 0 Å². The molecule has 1 atom stereocenters. The minimum absolute atomic E-state index is 0.165. The van der Waals surface area contributed by atoms with Gasteiger partial charge in [0, 0.05) is 18.8 Å². The first-order valence-corrected chi connectivity index (χ1v) is 9.64. The molecule has 0 aliphatic heterocycles. The Morgan fingerprint density at radius 1 is 1.19 bits per heavy atom. The molecule has 1 unspecified atom stereocenters. The molecule has 1 aromatic rings. The number of hydrogen-bond acceptors (Lipinski definition) is 3. The first kappa shape index (κ1) is 16.5. The van der Waals surface area contributed by atoms with Crippen LogP contribution >= 0.6 is 0 Å². The topological polar surface area (TPSA) is 46.2 Å². The molecule has 0 bridgehead atoms. The van der Waals surface area contributed by atoms with Crippen molar-refractivity contribution in [2.24, 2.45) is 0 Å². The summed E-state index contributed by atoms with van der Waals surface area (Å²) in [6.07, 6.45) is 6.24. The van der Waals surface area contributed by atoms with Crippen LogP contribution in [0.4, 0.5) is 0 Å². The smallest absolute Gasteiger partial charge is 0.153 e. The summed E-state index contributed by atoms with van der Waals surface area (Å²) in [6, 6.07) is 6.87. The number of benzene rings is 1. The van der Waals surface area contributed by atoms with Gasteiger partial charge in [-0.2, -0.15) is 0 Å². The van der Waals surface area contributed by atoms with Crippen LogP contribution in [0.15, 0.2) is 18.2 Å². The summed E-state index contributed by atoms with van der Waals surface area (Å²) in [5.41, 5.74) is 4.20. The number of hydrogen-bond donors (Lipinski definition) is 1. The van der Waals surface area contributed by atoms with Gasteiger partial charge in [0.25, 0.3) is 0 Å². The van der Waals surface area contributed by atoms with Crippen LogP contribution in [-0.4, -0.2) is 26.0 Å². The molecule has 0 heterocycles. The van der Waals surface area contributed by atoms with E-state index in [2.05, 4.69) is 30.4 Å². The van der Waals surface area contributed by atoms with Gasteiger partial charge in [-0.25, -0.2) is 8.42 Å². The Labute approximate surface area is 129 Å². The molecule has 2 rings (SSSR count). The average Bonchev–Trinajstić information content (AvgIpc) is 2.43. The molecular formula is C17H27NO2S. The van der Waals surface area contributed by atoms with E-state index < -0.39 is 14.6 Å². The number of rotatable bonds is 5. The maximum Gasteiger partial charge on any atom is 0.153 e. The van der Waals surface area contributed by atoms with E-state index in [1.807, 2.05) is 0 Å². The van der Waals surface area contributed by atoms with Gasteiger partial charge >= 0.3 is 0 Å². The second-order valence-corrected chi connectivity index (χ2v) is 9.52. The van der Waals surface area contributed by atoms with E-state index in [1.165, 1.54) is 48.6 Å². The molecule has 1 aliphatic carbocycles. The summed E-state index contributed by atoms with van der Waals surface area (Å²) in [5.74, 6) is 0. The lowest BCUT2D eigenvalue weighted by Gasteiger charge is -2.26. The third kappa shape index (κ3) is 3.86. The van der Waals surface area contributed by atoms with E-state index in [1.54, 1.807) is 13.8 Å². The first-order valence-electron chi connectivity index (χ1n) is 7.75. The molecule has 0 amide bonds. The molecule has 4 heteroatoms. The fourth-order valence-corrected chi connectivity index (χ4v) is 3.02. The third-order valence-corrected chi connectivity index (χ3v) is 6.86. The minimum atomic E-state index is -3.06. The zero-order valence-electron chi connectivity index (χ0n) is 13.6. The molecule has 1 aromatic carbocycles. The molecule has 118 valence electrons. The van der Waals surface area contributed by atoms with Crippen molar-refractivity contribution in [3.05, 3.63) is 34.9 Å². The maximum atomic E-state index is 11.8. The Bertz CT molecular complexity index is 605. The summed E-state index contributed by atoms with van der Waals surface area (Å²) in [4.78, 5) is 0. The maximum absolute atomic E-state index is 11.8. The molecule has 0 saturated heterocycles. The van der Waals surface area contributed by atoms with E-state index in [4.69, 9.17) is 0 Å². The van der Waals surface area contributed by atoms with E-state index in [-0.39, 0.29) is 6.04 Å². The summed E-state index contributed by atoms with van der Waals surface area (Å²) in [7, 11) is -3.06. The number of fused-ring (bicyclic) bond motifs is 1. The number of sulfone groups is 1. The average molecular weight is 309 g/mol. The minimum Gasteiger partial charge on any atom is -0.309 e. The Morgan fingerprint density at radius 2 is 1.81 bits per heavy atom. The van der Waals surface area contributed by atoms with E-state index in [0.29, 0.717) is 6.54 Å². The van der Waals surface area contributed by atoms with Gasteiger partial charge in [-0.3, -0.25) is 0 Å². The molecule has 1 aliphatic rings. The Balaban J connectivity index is 2.06. The predicted molar refractivity (Wildman–Crippen MR) is 88.4 cm³/mol. The third-order valence-electron chi connectivity index (χ3n) is 4.71. The SMILES string of the molecule is CC(NCC(C)(C)S(C)(=O)=O)c1ccc2c(c1)CCCC2. The molecule has 21 heavy (non-hydrogen) atoms. The largest absolute Gasteiger partial charge is 0.309 e.